The zero-order chi connectivity index (χ0) is 9.97. The fourth-order valence-corrected chi connectivity index (χ4v) is 2.14. The van der Waals surface area contributed by atoms with E-state index in [1.54, 1.807) is 0 Å². The molecule has 1 atom stereocenters. The first kappa shape index (κ1) is 9.97. The highest BCUT2D eigenvalue weighted by Gasteiger charge is 2.29. The molecule has 1 aliphatic heterocycles. The van der Waals surface area contributed by atoms with Gasteiger partial charge in [-0.1, -0.05) is 6.42 Å². The van der Waals surface area contributed by atoms with Crippen LogP contribution in [0.25, 0.3) is 0 Å². The van der Waals surface area contributed by atoms with Crippen LogP contribution in [0.5, 0.6) is 0 Å². The van der Waals surface area contributed by atoms with E-state index in [4.69, 9.17) is 0 Å². The normalized spacial score (nSPS) is 29.5. The van der Waals surface area contributed by atoms with Gasteiger partial charge in [-0.05, 0) is 26.2 Å². The molecular formula is C11H20N2O. The Kier molecular flexibility index (Phi) is 3.06. The number of nitrogens with one attached hydrogen (secondary N) is 1. The zero-order valence-corrected chi connectivity index (χ0v) is 8.96. The first-order valence-electron chi connectivity index (χ1n) is 5.79. The van der Waals surface area contributed by atoms with Crippen molar-refractivity contribution in [3.8, 4) is 0 Å². The number of carbonyl (C=O) groups is 1. The summed E-state index contributed by atoms with van der Waals surface area (Å²) in [5.41, 5.74) is 0. The SMILES string of the molecule is CC1CCN(C(=O)C2CCC2)CCN1. The van der Waals surface area contributed by atoms with E-state index in [1.165, 1.54) is 6.42 Å². The molecule has 1 saturated heterocycles. The molecule has 0 spiro atoms. The van der Waals surface area contributed by atoms with Crippen LogP contribution in [0.1, 0.15) is 32.6 Å². The Hall–Kier alpha value is -0.570. The second-order valence-electron chi connectivity index (χ2n) is 4.60. The highest BCUT2D eigenvalue weighted by Crippen LogP contribution is 2.28. The Morgan fingerprint density at radius 2 is 2.07 bits per heavy atom. The smallest absolute Gasteiger partial charge is 0.225 e. The van der Waals surface area contributed by atoms with E-state index in [9.17, 15) is 4.79 Å². The summed E-state index contributed by atoms with van der Waals surface area (Å²) in [7, 11) is 0. The molecule has 3 nitrogen and oxygen atoms in total. The standard InChI is InChI=1S/C11H20N2O/c1-9-5-7-13(8-6-12-9)11(14)10-3-2-4-10/h9-10,12H,2-8H2,1H3. The monoisotopic (exact) mass is 196 g/mol. The van der Waals surface area contributed by atoms with Crippen molar-refractivity contribution in [1.29, 1.82) is 0 Å². The van der Waals surface area contributed by atoms with Crippen molar-refractivity contribution >= 4 is 5.91 Å². The molecule has 1 heterocycles. The molecule has 0 aromatic heterocycles. The van der Waals surface area contributed by atoms with Crippen LogP contribution in [0.4, 0.5) is 0 Å². The molecular weight excluding hydrogens is 176 g/mol. The Morgan fingerprint density at radius 3 is 2.71 bits per heavy atom. The molecule has 2 aliphatic rings. The van der Waals surface area contributed by atoms with Gasteiger partial charge in [0.05, 0.1) is 0 Å². The van der Waals surface area contributed by atoms with Gasteiger partial charge in [-0.3, -0.25) is 4.79 Å². The van der Waals surface area contributed by atoms with Gasteiger partial charge >= 0.3 is 0 Å². The molecule has 80 valence electrons. The third-order valence-corrected chi connectivity index (χ3v) is 3.47. The van der Waals surface area contributed by atoms with Crippen molar-refractivity contribution in [3.63, 3.8) is 0 Å². The molecule has 14 heavy (non-hydrogen) atoms. The fourth-order valence-electron chi connectivity index (χ4n) is 2.14. The van der Waals surface area contributed by atoms with Crippen LogP contribution in [0.15, 0.2) is 0 Å². The molecule has 1 N–H and O–H groups in total. The summed E-state index contributed by atoms with van der Waals surface area (Å²) in [6, 6.07) is 0.564. The van der Waals surface area contributed by atoms with Gasteiger partial charge in [-0.15, -0.1) is 0 Å². The van der Waals surface area contributed by atoms with Gasteiger partial charge in [-0.2, -0.15) is 0 Å². The summed E-state index contributed by atoms with van der Waals surface area (Å²) < 4.78 is 0. The molecule has 2 fully saturated rings. The van der Waals surface area contributed by atoms with Gasteiger partial charge in [0.2, 0.25) is 5.91 Å². The summed E-state index contributed by atoms with van der Waals surface area (Å²) in [5, 5.41) is 3.41. The van der Waals surface area contributed by atoms with E-state index in [0.29, 0.717) is 17.9 Å². The lowest BCUT2D eigenvalue weighted by atomic mass is 9.84. The van der Waals surface area contributed by atoms with Gasteiger partial charge < -0.3 is 10.2 Å². The van der Waals surface area contributed by atoms with Crippen molar-refractivity contribution in [2.24, 2.45) is 5.92 Å². The topological polar surface area (TPSA) is 32.3 Å². The van der Waals surface area contributed by atoms with Crippen LogP contribution in [0.2, 0.25) is 0 Å². The number of nitrogens with zero attached hydrogens (tertiary/aromatic N) is 1. The van der Waals surface area contributed by atoms with E-state index in [2.05, 4.69) is 17.1 Å². The summed E-state index contributed by atoms with van der Waals surface area (Å²) in [4.78, 5) is 14.0. The molecule has 2 rings (SSSR count). The summed E-state index contributed by atoms with van der Waals surface area (Å²) in [6.07, 6.45) is 4.59. The number of carbonyl (C=O) groups excluding carboxylic acids is 1. The molecule has 0 aromatic rings. The Labute approximate surface area is 85.8 Å². The minimum atomic E-state index is 0.364. The van der Waals surface area contributed by atoms with E-state index in [1.807, 2.05) is 0 Å². The van der Waals surface area contributed by atoms with Crippen LogP contribution in [0, 0.1) is 5.92 Å². The third-order valence-electron chi connectivity index (χ3n) is 3.47. The summed E-state index contributed by atoms with van der Waals surface area (Å²) in [6.45, 7) is 5.00. The van der Waals surface area contributed by atoms with Crippen molar-refractivity contribution in [2.45, 2.75) is 38.6 Å². The molecule has 1 saturated carbocycles. The number of hydrogen-bond acceptors (Lipinski definition) is 2. The second-order valence-corrected chi connectivity index (χ2v) is 4.60. The predicted molar refractivity (Wildman–Crippen MR) is 56.0 cm³/mol. The van der Waals surface area contributed by atoms with Crippen LogP contribution < -0.4 is 5.32 Å². The Bertz CT molecular complexity index is 213. The van der Waals surface area contributed by atoms with E-state index in [-0.39, 0.29) is 0 Å². The van der Waals surface area contributed by atoms with E-state index >= 15 is 0 Å². The van der Waals surface area contributed by atoms with E-state index < -0.39 is 0 Å². The summed E-state index contributed by atoms with van der Waals surface area (Å²) >= 11 is 0. The lowest BCUT2D eigenvalue weighted by molar-refractivity contribution is -0.137. The third kappa shape index (κ3) is 2.08. The lowest BCUT2D eigenvalue weighted by Gasteiger charge is -2.30. The maximum absolute atomic E-state index is 11.9. The number of hydrogen-bond donors (Lipinski definition) is 1. The zero-order valence-electron chi connectivity index (χ0n) is 8.96. The highest BCUT2D eigenvalue weighted by atomic mass is 16.2. The molecule has 1 amide bonds. The first-order chi connectivity index (χ1) is 6.77. The van der Waals surface area contributed by atoms with Gasteiger partial charge in [0.25, 0.3) is 0 Å². The predicted octanol–water partition coefficient (Wildman–Crippen LogP) is 0.997. The largest absolute Gasteiger partial charge is 0.341 e. The minimum absolute atomic E-state index is 0.364. The Balaban J connectivity index is 1.86. The molecule has 0 radical (unpaired) electrons. The molecule has 1 unspecified atom stereocenters. The molecule has 3 heteroatoms. The van der Waals surface area contributed by atoms with Gasteiger partial charge in [0, 0.05) is 31.6 Å². The van der Waals surface area contributed by atoms with Crippen LogP contribution in [-0.2, 0) is 4.79 Å². The molecule has 0 aromatic carbocycles. The summed E-state index contributed by atoms with van der Waals surface area (Å²) in [5.74, 6) is 0.774. The first-order valence-corrected chi connectivity index (χ1v) is 5.79. The van der Waals surface area contributed by atoms with Crippen LogP contribution in [0.3, 0.4) is 0 Å². The van der Waals surface area contributed by atoms with Crippen molar-refractivity contribution in [3.05, 3.63) is 0 Å². The average Bonchev–Trinajstić information content (AvgIpc) is 2.26. The van der Waals surface area contributed by atoms with Crippen molar-refractivity contribution in [2.75, 3.05) is 19.6 Å². The van der Waals surface area contributed by atoms with Gasteiger partial charge in [0.15, 0.2) is 0 Å². The molecule has 0 bridgehead atoms. The van der Waals surface area contributed by atoms with Crippen LogP contribution >= 0.6 is 0 Å². The van der Waals surface area contributed by atoms with Gasteiger partial charge in [0.1, 0.15) is 0 Å². The minimum Gasteiger partial charge on any atom is -0.341 e. The Morgan fingerprint density at radius 1 is 1.29 bits per heavy atom. The number of rotatable bonds is 1. The maximum atomic E-state index is 11.9. The molecule has 1 aliphatic carbocycles. The lowest BCUT2D eigenvalue weighted by Crippen LogP contribution is -2.40. The second kappa shape index (κ2) is 4.30. The van der Waals surface area contributed by atoms with Crippen molar-refractivity contribution in [1.82, 2.24) is 10.2 Å². The van der Waals surface area contributed by atoms with Crippen LogP contribution in [-0.4, -0.2) is 36.5 Å². The number of amides is 1. The fraction of sp³-hybridized carbons (Fsp3) is 0.909. The maximum Gasteiger partial charge on any atom is 0.225 e. The highest BCUT2D eigenvalue weighted by molar-refractivity contribution is 5.79. The average molecular weight is 196 g/mol. The quantitative estimate of drug-likeness (QED) is 0.678. The van der Waals surface area contributed by atoms with E-state index in [0.717, 1.165) is 38.9 Å². The van der Waals surface area contributed by atoms with Crippen molar-refractivity contribution < 1.29 is 4.79 Å². The van der Waals surface area contributed by atoms with Gasteiger partial charge in [-0.25, -0.2) is 0 Å².